The monoisotopic (exact) mass is 422 g/mol. The normalized spacial score (nSPS) is 18.8. The zero-order valence-electron chi connectivity index (χ0n) is 17.1. The smallest absolute Gasteiger partial charge is 0.159 e. The van der Waals surface area contributed by atoms with Crippen molar-refractivity contribution >= 4 is 0 Å². The number of aromatic nitrogens is 1. The number of hydrogen-bond donors (Lipinski definition) is 1. The first kappa shape index (κ1) is 20.2. The Morgan fingerprint density at radius 1 is 1.00 bits per heavy atom. The number of aliphatic hydroxyl groups is 1. The fourth-order valence-electron chi connectivity index (χ4n) is 4.68. The van der Waals surface area contributed by atoms with Crippen LogP contribution in [0.15, 0.2) is 60.9 Å². The average molecular weight is 422 g/mol. The van der Waals surface area contributed by atoms with E-state index in [0.29, 0.717) is 17.7 Å². The topological polar surface area (TPSA) is 45.6 Å². The standard InChI is InChI=1S/C25H24F2N2O2/c26-22-6-5-19(13-23(22)27)24(30)18-3-1-17(2-4-18)15-29-11-8-25(9-12-29)21-14-28-10-7-20(21)16-31-25/h1-7,10,13-14,24,30H,8-9,11-12,15-16H2. The Balaban J connectivity index is 1.22. The van der Waals surface area contributed by atoms with Gasteiger partial charge in [-0.15, -0.1) is 0 Å². The van der Waals surface area contributed by atoms with Gasteiger partial charge < -0.3 is 9.84 Å². The van der Waals surface area contributed by atoms with Crippen LogP contribution in [0, 0.1) is 11.6 Å². The summed E-state index contributed by atoms with van der Waals surface area (Å²) in [5.41, 5.74) is 4.42. The highest BCUT2D eigenvalue weighted by Gasteiger charge is 2.42. The number of hydrogen-bond acceptors (Lipinski definition) is 4. The average Bonchev–Trinajstić information content (AvgIpc) is 3.16. The third-order valence-electron chi connectivity index (χ3n) is 6.53. The van der Waals surface area contributed by atoms with E-state index in [-0.39, 0.29) is 5.60 Å². The second kappa shape index (κ2) is 8.11. The van der Waals surface area contributed by atoms with Gasteiger partial charge in [-0.05, 0) is 53.3 Å². The van der Waals surface area contributed by atoms with Gasteiger partial charge in [-0.3, -0.25) is 9.88 Å². The lowest BCUT2D eigenvalue weighted by molar-refractivity contribution is -0.0800. The third kappa shape index (κ3) is 3.87. The molecule has 0 bridgehead atoms. The third-order valence-corrected chi connectivity index (χ3v) is 6.53. The van der Waals surface area contributed by atoms with Gasteiger partial charge >= 0.3 is 0 Å². The van der Waals surface area contributed by atoms with E-state index in [1.807, 2.05) is 42.7 Å². The summed E-state index contributed by atoms with van der Waals surface area (Å²) in [5.74, 6) is -1.88. The van der Waals surface area contributed by atoms with E-state index in [4.69, 9.17) is 4.74 Å². The summed E-state index contributed by atoms with van der Waals surface area (Å²) >= 11 is 0. The van der Waals surface area contributed by atoms with E-state index in [0.717, 1.165) is 50.2 Å². The molecule has 0 saturated carbocycles. The number of ether oxygens (including phenoxy) is 1. The molecule has 31 heavy (non-hydrogen) atoms. The van der Waals surface area contributed by atoms with Crippen molar-refractivity contribution in [1.82, 2.24) is 9.88 Å². The Morgan fingerprint density at radius 3 is 2.48 bits per heavy atom. The van der Waals surface area contributed by atoms with Crippen LogP contribution in [-0.2, 0) is 23.5 Å². The molecule has 6 heteroatoms. The quantitative estimate of drug-likeness (QED) is 0.674. The van der Waals surface area contributed by atoms with Gasteiger partial charge in [0, 0.05) is 37.6 Å². The molecule has 2 aromatic carbocycles. The number of pyridine rings is 1. The van der Waals surface area contributed by atoms with Gasteiger partial charge in [0.15, 0.2) is 11.6 Å². The van der Waals surface area contributed by atoms with Crippen LogP contribution >= 0.6 is 0 Å². The largest absolute Gasteiger partial charge is 0.384 e. The first-order chi connectivity index (χ1) is 15.0. The van der Waals surface area contributed by atoms with E-state index in [1.54, 1.807) is 0 Å². The molecule has 1 N–H and O–H groups in total. The zero-order chi connectivity index (χ0) is 21.4. The first-order valence-corrected chi connectivity index (χ1v) is 10.6. The highest BCUT2D eigenvalue weighted by atomic mass is 19.2. The summed E-state index contributed by atoms with van der Waals surface area (Å²) in [4.78, 5) is 6.70. The predicted octanol–water partition coefficient (Wildman–Crippen LogP) is 4.46. The van der Waals surface area contributed by atoms with E-state index in [2.05, 4.69) is 9.88 Å². The van der Waals surface area contributed by atoms with Crippen molar-refractivity contribution in [3.05, 3.63) is 100 Å². The Morgan fingerprint density at radius 2 is 1.74 bits per heavy atom. The number of aliphatic hydroxyl groups excluding tert-OH is 1. The summed E-state index contributed by atoms with van der Waals surface area (Å²) in [6, 6.07) is 13.2. The number of benzene rings is 2. The minimum Gasteiger partial charge on any atom is -0.384 e. The Hall–Kier alpha value is -2.67. The number of halogens is 2. The molecule has 0 aliphatic carbocycles. The molecular weight excluding hydrogens is 398 g/mol. The summed E-state index contributed by atoms with van der Waals surface area (Å²) in [5, 5.41) is 10.5. The van der Waals surface area contributed by atoms with Crippen LogP contribution in [0.1, 0.15) is 46.8 Å². The van der Waals surface area contributed by atoms with Crippen LogP contribution in [0.25, 0.3) is 0 Å². The van der Waals surface area contributed by atoms with E-state index >= 15 is 0 Å². The molecule has 160 valence electrons. The number of nitrogens with zero attached hydrogens (tertiary/aromatic N) is 2. The molecule has 2 aliphatic rings. The lowest BCUT2D eigenvalue weighted by Gasteiger charge is -2.39. The van der Waals surface area contributed by atoms with Crippen LogP contribution in [0.5, 0.6) is 0 Å². The molecular formula is C25H24F2N2O2. The maximum Gasteiger partial charge on any atom is 0.159 e. The van der Waals surface area contributed by atoms with Crippen molar-refractivity contribution in [1.29, 1.82) is 0 Å². The minimum absolute atomic E-state index is 0.196. The summed E-state index contributed by atoms with van der Waals surface area (Å²) in [6.07, 6.45) is 4.67. The summed E-state index contributed by atoms with van der Waals surface area (Å²) in [7, 11) is 0. The number of rotatable bonds is 4. The number of fused-ring (bicyclic) bond motifs is 2. The molecule has 2 aliphatic heterocycles. The zero-order valence-corrected chi connectivity index (χ0v) is 17.1. The Kier molecular flexibility index (Phi) is 5.30. The number of piperidine rings is 1. The van der Waals surface area contributed by atoms with Gasteiger partial charge in [-0.1, -0.05) is 30.3 Å². The van der Waals surface area contributed by atoms with Crippen LogP contribution in [0.2, 0.25) is 0 Å². The number of likely N-dealkylation sites (tertiary alicyclic amines) is 1. The van der Waals surface area contributed by atoms with Crippen LogP contribution in [0.3, 0.4) is 0 Å². The van der Waals surface area contributed by atoms with Gasteiger partial charge in [-0.2, -0.15) is 0 Å². The van der Waals surface area contributed by atoms with Gasteiger partial charge in [-0.25, -0.2) is 8.78 Å². The molecule has 0 radical (unpaired) electrons. The summed E-state index contributed by atoms with van der Waals surface area (Å²) in [6.45, 7) is 3.36. The molecule has 3 aromatic rings. The highest BCUT2D eigenvalue weighted by molar-refractivity contribution is 5.34. The second-order valence-corrected chi connectivity index (χ2v) is 8.41. The summed E-state index contributed by atoms with van der Waals surface area (Å²) < 4.78 is 32.8. The molecule has 1 fully saturated rings. The first-order valence-electron chi connectivity index (χ1n) is 10.6. The van der Waals surface area contributed by atoms with Crippen molar-refractivity contribution in [3.63, 3.8) is 0 Å². The fourth-order valence-corrected chi connectivity index (χ4v) is 4.68. The minimum atomic E-state index is -0.993. The van der Waals surface area contributed by atoms with Gasteiger partial charge in [0.2, 0.25) is 0 Å². The lowest BCUT2D eigenvalue weighted by atomic mass is 9.84. The Bertz CT molecular complexity index is 1080. The van der Waals surface area contributed by atoms with E-state index in [9.17, 15) is 13.9 Å². The SMILES string of the molecule is OC(c1ccc(CN2CCC3(CC2)OCc2ccncc23)cc1)c1ccc(F)c(F)c1. The van der Waals surface area contributed by atoms with Crippen LogP contribution in [-0.4, -0.2) is 28.1 Å². The molecule has 3 heterocycles. The molecule has 1 spiro atoms. The van der Waals surface area contributed by atoms with Gasteiger partial charge in [0.25, 0.3) is 0 Å². The molecule has 4 nitrogen and oxygen atoms in total. The maximum atomic E-state index is 13.5. The predicted molar refractivity (Wildman–Crippen MR) is 112 cm³/mol. The van der Waals surface area contributed by atoms with E-state index in [1.165, 1.54) is 17.2 Å². The highest BCUT2D eigenvalue weighted by Crippen LogP contribution is 2.43. The van der Waals surface area contributed by atoms with Crippen LogP contribution in [0.4, 0.5) is 8.78 Å². The van der Waals surface area contributed by atoms with Crippen molar-refractivity contribution in [2.75, 3.05) is 13.1 Å². The molecule has 1 unspecified atom stereocenters. The molecule has 1 atom stereocenters. The second-order valence-electron chi connectivity index (χ2n) is 8.41. The van der Waals surface area contributed by atoms with Crippen LogP contribution < -0.4 is 0 Å². The Labute approximate surface area is 180 Å². The van der Waals surface area contributed by atoms with Crippen molar-refractivity contribution in [2.45, 2.75) is 37.7 Å². The van der Waals surface area contributed by atoms with Crippen molar-refractivity contribution in [2.24, 2.45) is 0 Å². The van der Waals surface area contributed by atoms with Gasteiger partial charge in [0.05, 0.1) is 12.2 Å². The molecule has 1 saturated heterocycles. The molecule has 5 rings (SSSR count). The van der Waals surface area contributed by atoms with Crippen molar-refractivity contribution in [3.8, 4) is 0 Å². The van der Waals surface area contributed by atoms with Crippen molar-refractivity contribution < 1.29 is 18.6 Å². The van der Waals surface area contributed by atoms with Gasteiger partial charge in [0.1, 0.15) is 6.10 Å². The lowest BCUT2D eigenvalue weighted by Crippen LogP contribution is -2.42. The molecule has 0 amide bonds. The fraction of sp³-hybridized carbons (Fsp3) is 0.320. The maximum absolute atomic E-state index is 13.5. The molecule has 1 aromatic heterocycles. The van der Waals surface area contributed by atoms with E-state index < -0.39 is 17.7 Å².